The number of benzene rings is 1. The van der Waals surface area contributed by atoms with Gasteiger partial charge < -0.3 is 14.9 Å². The monoisotopic (exact) mass is 354 g/mol. The third-order valence-corrected chi connectivity index (χ3v) is 5.39. The fourth-order valence-electron chi connectivity index (χ4n) is 3.16. The molecule has 1 amide bonds. The number of carbonyl (C=O) groups is 1. The number of hydrogen-bond acceptors (Lipinski definition) is 6. The molecule has 6 nitrogen and oxygen atoms in total. The molecule has 1 saturated heterocycles. The van der Waals surface area contributed by atoms with Crippen molar-refractivity contribution in [1.82, 2.24) is 14.9 Å². The Morgan fingerprint density at radius 1 is 1.16 bits per heavy atom. The van der Waals surface area contributed by atoms with Crippen LogP contribution in [-0.4, -0.2) is 52.1 Å². The van der Waals surface area contributed by atoms with Crippen LogP contribution in [0.1, 0.15) is 15.2 Å². The second kappa shape index (κ2) is 6.33. The summed E-state index contributed by atoms with van der Waals surface area (Å²) in [5.41, 5.74) is 0.355. The number of aromatic hydroxyl groups is 1. The number of thiophene rings is 1. The van der Waals surface area contributed by atoms with Gasteiger partial charge in [-0.2, -0.15) is 0 Å². The molecular formula is C18H18N4O2S. The first-order valence-electron chi connectivity index (χ1n) is 8.17. The number of phenols is 1. The SMILES string of the molecule is Cc1cc2c(N3CCN(C(=O)c4ccccc4O)CC3)ncnc2s1. The summed E-state index contributed by atoms with van der Waals surface area (Å²) in [5.74, 6) is 0.835. The number of amides is 1. The molecule has 1 fully saturated rings. The highest BCUT2D eigenvalue weighted by Crippen LogP contribution is 2.30. The van der Waals surface area contributed by atoms with Crippen LogP contribution in [0.2, 0.25) is 0 Å². The molecule has 4 rings (SSSR count). The molecule has 0 unspecified atom stereocenters. The van der Waals surface area contributed by atoms with Crippen LogP contribution in [-0.2, 0) is 0 Å². The molecule has 7 heteroatoms. The summed E-state index contributed by atoms with van der Waals surface area (Å²) in [7, 11) is 0. The zero-order chi connectivity index (χ0) is 17.4. The molecule has 1 N–H and O–H groups in total. The fourth-order valence-corrected chi connectivity index (χ4v) is 4.00. The van der Waals surface area contributed by atoms with E-state index >= 15 is 0 Å². The Labute approximate surface area is 149 Å². The molecule has 0 radical (unpaired) electrons. The molecule has 0 aliphatic carbocycles. The Bertz CT molecular complexity index is 932. The minimum absolute atomic E-state index is 0.0289. The number of carbonyl (C=O) groups excluding carboxylic acids is 1. The van der Waals surface area contributed by atoms with E-state index < -0.39 is 0 Å². The van der Waals surface area contributed by atoms with Crippen LogP contribution in [0.15, 0.2) is 36.7 Å². The number of nitrogens with zero attached hydrogens (tertiary/aromatic N) is 4. The van der Waals surface area contributed by atoms with E-state index in [1.165, 1.54) is 4.88 Å². The Balaban J connectivity index is 1.51. The Hall–Kier alpha value is -2.67. The molecule has 25 heavy (non-hydrogen) atoms. The minimum atomic E-state index is -0.128. The van der Waals surface area contributed by atoms with Gasteiger partial charge in [0.25, 0.3) is 5.91 Å². The predicted molar refractivity (Wildman–Crippen MR) is 98.4 cm³/mol. The number of phenolic OH excluding ortho intramolecular Hbond substituents is 1. The van der Waals surface area contributed by atoms with Crippen LogP contribution < -0.4 is 4.90 Å². The maximum Gasteiger partial charge on any atom is 0.257 e. The number of rotatable bonds is 2. The topological polar surface area (TPSA) is 69.6 Å². The van der Waals surface area contributed by atoms with Crippen molar-refractivity contribution in [3.05, 3.63) is 47.1 Å². The average molecular weight is 354 g/mol. The summed E-state index contributed by atoms with van der Waals surface area (Å²) in [5, 5.41) is 11.0. The molecule has 1 aliphatic heterocycles. The molecule has 1 aliphatic rings. The molecule has 0 bridgehead atoms. The van der Waals surface area contributed by atoms with Crippen LogP contribution >= 0.6 is 11.3 Å². The molecule has 3 heterocycles. The van der Waals surface area contributed by atoms with E-state index in [4.69, 9.17) is 0 Å². The maximum absolute atomic E-state index is 12.6. The van der Waals surface area contributed by atoms with Gasteiger partial charge in [-0.25, -0.2) is 9.97 Å². The Morgan fingerprint density at radius 3 is 2.68 bits per heavy atom. The minimum Gasteiger partial charge on any atom is -0.507 e. The first-order chi connectivity index (χ1) is 12.1. The number of aryl methyl sites for hydroxylation is 1. The summed E-state index contributed by atoms with van der Waals surface area (Å²) in [4.78, 5) is 27.6. The number of hydrogen-bond donors (Lipinski definition) is 1. The van der Waals surface area contributed by atoms with Crippen LogP contribution in [0.3, 0.4) is 0 Å². The van der Waals surface area contributed by atoms with Crippen molar-refractivity contribution in [2.45, 2.75) is 6.92 Å². The molecule has 0 atom stereocenters. The van der Waals surface area contributed by atoms with Gasteiger partial charge in [-0.15, -0.1) is 11.3 Å². The summed E-state index contributed by atoms with van der Waals surface area (Å²) in [6, 6.07) is 8.80. The highest BCUT2D eigenvalue weighted by Gasteiger charge is 2.25. The lowest BCUT2D eigenvalue weighted by Crippen LogP contribution is -2.49. The van der Waals surface area contributed by atoms with E-state index in [-0.39, 0.29) is 11.7 Å². The van der Waals surface area contributed by atoms with Crippen LogP contribution in [0, 0.1) is 6.92 Å². The average Bonchev–Trinajstić information content (AvgIpc) is 3.02. The number of aromatic nitrogens is 2. The third kappa shape index (κ3) is 2.91. The first kappa shape index (κ1) is 15.8. The highest BCUT2D eigenvalue weighted by molar-refractivity contribution is 7.18. The smallest absolute Gasteiger partial charge is 0.257 e. The van der Waals surface area contributed by atoms with Crippen molar-refractivity contribution in [3.8, 4) is 5.75 Å². The van der Waals surface area contributed by atoms with Gasteiger partial charge in [-0.1, -0.05) is 12.1 Å². The number of anilines is 1. The van der Waals surface area contributed by atoms with E-state index in [9.17, 15) is 9.90 Å². The maximum atomic E-state index is 12.6. The lowest BCUT2D eigenvalue weighted by molar-refractivity contribution is 0.0743. The molecular weight excluding hydrogens is 336 g/mol. The van der Waals surface area contributed by atoms with Gasteiger partial charge in [-0.05, 0) is 25.1 Å². The fraction of sp³-hybridized carbons (Fsp3) is 0.278. The number of para-hydroxylation sites is 1. The first-order valence-corrected chi connectivity index (χ1v) is 8.98. The molecule has 0 saturated carbocycles. The van der Waals surface area contributed by atoms with Crippen molar-refractivity contribution >= 4 is 33.3 Å². The van der Waals surface area contributed by atoms with Gasteiger partial charge in [0.15, 0.2) is 0 Å². The predicted octanol–water partition coefficient (Wildman–Crippen LogP) is 2.67. The van der Waals surface area contributed by atoms with Gasteiger partial charge in [-0.3, -0.25) is 4.79 Å². The quantitative estimate of drug-likeness (QED) is 0.766. The van der Waals surface area contributed by atoms with Gasteiger partial charge in [0.05, 0.1) is 10.9 Å². The molecule has 3 aromatic rings. The van der Waals surface area contributed by atoms with E-state index in [1.807, 2.05) is 0 Å². The number of fused-ring (bicyclic) bond motifs is 1. The van der Waals surface area contributed by atoms with Crippen molar-refractivity contribution in [2.24, 2.45) is 0 Å². The van der Waals surface area contributed by atoms with E-state index in [2.05, 4.69) is 27.9 Å². The van der Waals surface area contributed by atoms with Gasteiger partial charge in [0.1, 0.15) is 22.7 Å². The number of piperazine rings is 1. The largest absolute Gasteiger partial charge is 0.507 e. The van der Waals surface area contributed by atoms with Crippen molar-refractivity contribution in [2.75, 3.05) is 31.1 Å². The van der Waals surface area contributed by atoms with Crippen molar-refractivity contribution in [1.29, 1.82) is 0 Å². The lowest BCUT2D eigenvalue weighted by Gasteiger charge is -2.35. The zero-order valence-electron chi connectivity index (χ0n) is 13.8. The second-order valence-electron chi connectivity index (χ2n) is 6.07. The van der Waals surface area contributed by atoms with Crippen LogP contribution in [0.4, 0.5) is 5.82 Å². The van der Waals surface area contributed by atoms with Gasteiger partial charge in [0.2, 0.25) is 0 Å². The van der Waals surface area contributed by atoms with Crippen LogP contribution in [0.5, 0.6) is 5.75 Å². The van der Waals surface area contributed by atoms with E-state index in [1.54, 1.807) is 46.8 Å². The lowest BCUT2D eigenvalue weighted by atomic mass is 10.1. The van der Waals surface area contributed by atoms with Crippen molar-refractivity contribution < 1.29 is 9.90 Å². The molecule has 128 valence electrons. The van der Waals surface area contributed by atoms with Crippen molar-refractivity contribution in [3.63, 3.8) is 0 Å². The van der Waals surface area contributed by atoms with E-state index in [0.717, 1.165) is 16.0 Å². The van der Waals surface area contributed by atoms with E-state index in [0.29, 0.717) is 31.7 Å². The van der Waals surface area contributed by atoms with Crippen LogP contribution in [0.25, 0.3) is 10.2 Å². The molecule has 0 spiro atoms. The summed E-state index contributed by atoms with van der Waals surface area (Å²) >= 11 is 1.66. The second-order valence-corrected chi connectivity index (χ2v) is 7.30. The Morgan fingerprint density at radius 2 is 1.92 bits per heavy atom. The molecule has 2 aromatic heterocycles. The zero-order valence-corrected chi connectivity index (χ0v) is 14.7. The van der Waals surface area contributed by atoms with Gasteiger partial charge >= 0.3 is 0 Å². The Kier molecular flexibility index (Phi) is 4.01. The summed E-state index contributed by atoms with van der Waals surface area (Å²) in [6.45, 7) is 4.68. The van der Waals surface area contributed by atoms with Gasteiger partial charge in [0, 0.05) is 31.1 Å². The molecule has 1 aromatic carbocycles. The third-order valence-electron chi connectivity index (χ3n) is 4.43. The standard InChI is InChI=1S/C18H18N4O2S/c1-12-10-14-16(19-11-20-17(14)25-12)21-6-8-22(9-7-21)18(24)13-4-2-3-5-15(13)23/h2-5,10-11,23H,6-9H2,1H3. The highest BCUT2D eigenvalue weighted by atomic mass is 32.1. The normalized spacial score (nSPS) is 14.9. The summed E-state index contributed by atoms with van der Waals surface area (Å²) in [6.07, 6.45) is 1.60. The summed E-state index contributed by atoms with van der Waals surface area (Å²) < 4.78 is 0.